The Labute approximate surface area is 161 Å². The number of esters is 1. The Morgan fingerprint density at radius 3 is 2.39 bits per heavy atom. The van der Waals surface area contributed by atoms with Crippen LogP contribution < -0.4 is 0 Å². The molecule has 0 aliphatic carbocycles. The zero-order valence-electron chi connectivity index (χ0n) is 15.3. The van der Waals surface area contributed by atoms with Gasteiger partial charge in [0.1, 0.15) is 18.5 Å². The molecule has 0 bridgehead atoms. The van der Waals surface area contributed by atoms with E-state index in [1.165, 1.54) is 23.4 Å². The Hall–Kier alpha value is -3.55. The van der Waals surface area contributed by atoms with Crippen molar-refractivity contribution in [2.24, 2.45) is 0 Å². The molecule has 0 saturated heterocycles. The first kappa shape index (κ1) is 19.2. The third kappa shape index (κ3) is 5.23. The first-order chi connectivity index (χ1) is 13.5. The van der Waals surface area contributed by atoms with Crippen LogP contribution in [0.5, 0.6) is 0 Å². The van der Waals surface area contributed by atoms with E-state index >= 15 is 0 Å². The maximum Gasteiger partial charge on any atom is 0.338 e. The molecule has 0 aliphatic heterocycles. The summed E-state index contributed by atoms with van der Waals surface area (Å²) in [6.45, 7) is 0.479. The summed E-state index contributed by atoms with van der Waals surface area (Å²) in [7, 11) is 1.60. The minimum atomic E-state index is -0.573. The average molecular weight is 382 g/mol. The summed E-state index contributed by atoms with van der Waals surface area (Å²) >= 11 is 0. The predicted octanol–water partition coefficient (Wildman–Crippen LogP) is 2.28. The molecule has 7 nitrogen and oxygen atoms in total. The fourth-order valence-corrected chi connectivity index (χ4v) is 2.52. The molecule has 2 aromatic carbocycles. The second-order valence-corrected chi connectivity index (χ2v) is 6.24. The second kappa shape index (κ2) is 8.90. The van der Waals surface area contributed by atoms with E-state index < -0.39 is 5.97 Å². The molecule has 0 unspecified atom stereocenters. The average Bonchev–Trinajstić information content (AvgIpc) is 3.21. The van der Waals surface area contributed by atoms with E-state index in [1.807, 2.05) is 0 Å². The lowest BCUT2D eigenvalue weighted by atomic mass is 10.1. The first-order valence-electron chi connectivity index (χ1n) is 8.58. The van der Waals surface area contributed by atoms with Gasteiger partial charge in [0.15, 0.2) is 6.61 Å². The lowest BCUT2D eigenvalue weighted by Crippen LogP contribution is -2.30. The minimum Gasteiger partial charge on any atom is -0.452 e. The van der Waals surface area contributed by atoms with Crippen molar-refractivity contribution in [2.45, 2.75) is 13.1 Å². The quantitative estimate of drug-likeness (QED) is 0.586. The van der Waals surface area contributed by atoms with Crippen LogP contribution >= 0.6 is 0 Å². The summed E-state index contributed by atoms with van der Waals surface area (Å²) < 4.78 is 19.7. The number of halogens is 1. The van der Waals surface area contributed by atoms with Gasteiger partial charge in [-0.1, -0.05) is 24.3 Å². The largest absolute Gasteiger partial charge is 0.452 e. The number of ether oxygens (including phenoxy) is 1. The molecular weight excluding hydrogens is 363 g/mol. The van der Waals surface area contributed by atoms with Gasteiger partial charge < -0.3 is 9.64 Å². The van der Waals surface area contributed by atoms with Crippen LogP contribution in [0.4, 0.5) is 4.39 Å². The van der Waals surface area contributed by atoms with Gasteiger partial charge in [-0.05, 0) is 35.4 Å². The molecule has 0 aliphatic rings. The molecule has 0 atom stereocenters. The number of hydrogen-bond donors (Lipinski definition) is 0. The molecule has 28 heavy (non-hydrogen) atoms. The van der Waals surface area contributed by atoms with E-state index in [0.717, 1.165) is 11.1 Å². The zero-order chi connectivity index (χ0) is 19.9. The number of nitrogens with zero attached hydrogens (tertiary/aromatic N) is 4. The molecule has 1 heterocycles. The fourth-order valence-electron chi connectivity index (χ4n) is 2.52. The SMILES string of the molecule is CN(Cc1ccc(F)cc1)C(=O)COC(=O)c1ccc(Cn2cncn2)cc1. The van der Waals surface area contributed by atoms with Crippen LogP contribution in [0.15, 0.2) is 61.2 Å². The summed E-state index contributed by atoms with van der Waals surface area (Å²) in [5.74, 6) is -1.25. The molecule has 144 valence electrons. The number of carbonyl (C=O) groups is 2. The summed E-state index contributed by atoms with van der Waals surface area (Å²) in [6, 6.07) is 12.7. The molecule has 1 aromatic heterocycles. The number of amides is 1. The summed E-state index contributed by atoms with van der Waals surface area (Å²) in [6.07, 6.45) is 3.06. The molecule has 0 saturated carbocycles. The number of aromatic nitrogens is 3. The Morgan fingerprint density at radius 1 is 1.07 bits per heavy atom. The minimum absolute atomic E-state index is 0.299. The van der Waals surface area contributed by atoms with Crippen LogP contribution in [-0.4, -0.2) is 45.2 Å². The van der Waals surface area contributed by atoms with E-state index in [9.17, 15) is 14.0 Å². The number of rotatable bonds is 7. The molecule has 0 N–H and O–H groups in total. The Morgan fingerprint density at radius 2 is 1.75 bits per heavy atom. The molecule has 0 radical (unpaired) electrons. The van der Waals surface area contributed by atoms with E-state index in [1.54, 1.807) is 54.5 Å². The van der Waals surface area contributed by atoms with Gasteiger partial charge in [0.05, 0.1) is 12.1 Å². The van der Waals surface area contributed by atoms with Gasteiger partial charge in [-0.25, -0.2) is 18.9 Å². The lowest BCUT2D eigenvalue weighted by molar-refractivity contribution is -0.133. The number of benzene rings is 2. The Balaban J connectivity index is 1.48. The van der Waals surface area contributed by atoms with Crippen LogP contribution in [0.2, 0.25) is 0 Å². The summed E-state index contributed by atoms with van der Waals surface area (Å²) in [5.41, 5.74) is 2.10. The van der Waals surface area contributed by atoms with Crippen molar-refractivity contribution in [3.05, 3.63) is 83.7 Å². The highest BCUT2D eigenvalue weighted by Gasteiger charge is 2.14. The first-order valence-corrected chi connectivity index (χ1v) is 8.58. The maximum atomic E-state index is 12.9. The van der Waals surface area contributed by atoms with Crippen LogP contribution in [0.1, 0.15) is 21.5 Å². The van der Waals surface area contributed by atoms with Crippen molar-refractivity contribution < 1.29 is 18.7 Å². The Bertz CT molecular complexity index is 925. The van der Waals surface area contributed by atoms with Crippen molar-refractivity contribution in [1.82, 2.24) is 19.7 Å². The standard InChI is InChI=1S/C20H19FN4O3/c1-24(10-15-4-8-18(21)9-5-15)19(26)12-28-20(27)17-6-2-16(3-7-17)11-25-14-22-13-23-25/h2-9,13-14H,10-12H2,1H3. The molecule has 8 heteroatoms. The van der Waals surface area contributed by atoms with Gasteiger partial charge in [-0.3, -0.25) is 4.79 Å². The zero-order valence-corrected chi connectivity index (χ0v) is 15.3. The van der Waals surface area contributed by atoms with Crippen molar-refractivity contribution in [3.8, 4) is 0 Å². The van der Waals surface area contributed by atoms with E-state index in [4.69, 9.17) is 4.74 Å². The van der Waals surface area contributed by atoms with Crippen molar-refractivity contribution >= 4 is 11.9 Å². The van der Waals surface area contributed by atoms with E-state index in [-0.39, 0.29) is 18.3 Å². The third-order valence-corrected chi connectivity index (χ3v) is 4.09. The fraction of sp³-hybridized carbons (Fsp3) is 0.200. The monoisotopic (exact) mass is 382 g/mol. The summed E-state index contributed by atoms with van der Waals surface area (Å²) in [5, 5.41) is 4.02. The predicted molar refractivity (Wildman–Crippen MR) is 98.7 cm³/mol. The van der Waals surface area contributed by atoms with Crippen LogP contribution in [0.3, 0.4) is 0 Å². The lowest BCUT2D eigenvalue weighted by Gasteiger charge is -2.17. The molecular formula is C20H19FN4O3. The molecule has 0 spiro atoms. The van der Waals surface area contributed by atoms with Crippen LogP contribution in [0, 0.1) is 5.82 Å². The van der Waals surface area contributed by atoms with Crippen molar-refractivity contribution in [3.63, 3.8) is 0 Å². The molecule has 1 amide bonds. The maximum absolute atomic E-state index is 12.9. The highest BCUT2D eigenvalue weighted by atomic mass is 19.1. The summed E-state index contributed by atoms with van der Waals surface area (Å²) in [4.78, 5) is 29.6. The van der Waals surface area contributed by atoms with Gasteiger partial charge >= 0.3 is 5.97 Å². The second-order valence-electron chi connectivity index (χ2n) is 6.24. The highest BCUT2D eigenvalue weighted by molar-refractivity contribution is 5.91. The number of likely N-dealkylation sites (N-methyl/N-ethyl adjacent to an activating group) is 1. The van der Waals surface area contributed by atoms with Crippen molar-refractivity contribution in [2.75, 3.05) is 13.7 Å². The van der Waals surface area contributed by atoms with Gasteiger partial charge in [-0.2, -0.15) is 5.10 Å². The molecule has 0 fully saturated rings. The van der Waals surface area contributed by atoms with Crippen LogP contribution in [0.25, 0.3) is 0 Å². The van der Waals surface area contributed by atoms with E-state index in [2.05, 4.69) is 10.1 Å². The van der Waals surface area contributed by atoms with Gasteiger partial charge in [0, 0.05) is 13.6 Å². The van der Waals surface area contributed by atoms with Gasteiger partial charge in [-0.15, -0.1) is 0 Å². The van der Waals surface area contributed by atoms with E-state index in [0.29, 0.717) is 18.7 Å². The third-order valence-electron chi connectivity index (χ3n) is 4.09. The normalized spacial score (nSPS) is 10.5. The smallest absolute Gasteiger partial charge is 0.338 e. The topological polar surface area (TPSA) is 77.3 Å². The highest BCUT2D eigenvalue weighted by Crippen LogP contribution is 2.09. The number of carbonyl (C=O) groups excluding carboxylic acids is 2. The van der Waals surface area contributed by atoms with Crippen LogP contribution in [-0.2, 0) is 22.6 Å². The number of hydrogen-bond acceptors (Lipinski definition) is 5. The molecule has 3 aromatic rings. The Kier molecular flexibility index (Phi) is 6.11. The van der Waals surface area contributed by atoms with Crippen molar-refractivity contribution in [1.29, 1.82) is 0 Å². The van der Waals surface area contributed by atoms with Gasteiger partial charge in [0.25, 0.3) is 5.91 Å². The van der Waals surface area contributed by atoms with Gasteiger partial charge in [0.2, 0.25) is 0 Å². The molecule has 3 rings (SSSR count).